The van der Waals surface area contributed by atoms with Crippen molar-refractivity contribution < 1.29 is 18.1 Å². The maximum absolute atomic E-state index is 13.7. The maximum Gasteiger partial charge on any atom is 0.647 e. The van der Waals surface area contributed by atoms with Gasteiger partial charge in [0.05, 0.1) is 0 Å². The monoisotopic (exact) mass is 404 g/mol. The van der Waals surface area contributed by atoms with E-state index >= 15 is 0 Å². The molecule has 4 aromatic carbocycles. The lowest BCUT2D eigenvalue weighted by Crippen LogP contribution is -2.08. The first-order valence-electron chi connectivity index (χ1n) is 9.31. The van der Waals surface area contributed by atoms with E-state index in [1.54, 1.807) is 30.3 Å². The van der Waals surface area contributed by atoms with E-state index in [-0.39, 0.29) is 0 Å². The van der Waals surface area contributed by atoms with Crippen molar-refractivity contribution in [2.24, 2.45) is 0 Å². The highest BCUT2D eigenvalue weighted by Crippen LogP contribution is 2.51. The summed E-state index contributed by atoms with van der Waals surface area (Å²) in [6.45, 7) is 3.91. The molecular formula is C24H21O4P. The minimum absolute atomic E-state index is 0.409. The Bertz CT molecular complexity index is 1180. The quantitative estimate of drug-likeness (QED) is 0.322. The molecule has 5 heteroatoms. The molecule has 1 atom stereocenters. The van der Waals surface area contributed by atoms with Crippen molar-refractivity contribution in [3.63, 3.8) is 0 Å². The summed E-state index contributed by atoms with van der Waals surface area (Å²) in [5.41, 5.74) is 2.05. The molecule has 0 aliphatic carbocycles. The van der Waals surface area contributed by atoms with Crippen LogP contribution in [0.15, 0.2) is 91.0 Å². The predicted octanol–water partition coefficient (Wildman–Crippen LogP) is 7.10. The van der Waals surface area contributed by atoms with Crippen LogP contribution < -0.4 is 13.6 Å². The highest BCUT2D eigenvalue weighted by molar-refractivity contribution is 7.49. The number of benzene rings is 4. The van der Waals surface area contributed by atoms with Gasteiger partial charge < -0.3 is 13.6 Å². The van der Waals surface area contributed by atoms with Crippen LogP contribution in [-0.2, 0) is 4.57 Å². The number of hydrogen-bond acceptors (Lipinski definition) is 4. The van der Waals surface area contributed by atoms with E-state index in [2.05, 4.69) is 0 Å². The van der Waals surface area contributed by atoms with E-state index in [1.165, 1.54) is 0 Å². The molecule has 0 fully saturated rings. The van der Waals surface area contributed by atoms with Crippen LogP contribution in [0.1, 0.15) is 11.1 Å². The van der Waals surface area contributed by atoms with Crippen molar-refractivity contribution >= 4 is 18.6 Å². The molecule has 0 saturated heterocycles. The van der Waals surface area contributed by atoms with Crippen molar-refractivity contribution in [3.8, 4) is 17.2 Å². The molecule has 0 heterocycles. The summed E-state index contributed by atoms with van der Waals surface area (Å²) in [7, 11) is -4.02. The molecule has 29 heavy (non-hydrogen) atoms. The largest absolute Gasteiger partial charge is 0.647 e. The molecule has 4 rings (SSSR count). The number of hydrogen-bond donors (Lipinski definition) is 0. The molecule has 4 nitrogen and oxygen atoms in total. The normalized spacial score (nSPS) is 12.9. The first kappa shape index (κ1) is 19.1. The van der Waals surface area contributed by atoms with Gasteiger partial charge in [-0.2, -0.15) is 4.57 Å². The summed E-state index contributed by atoms with van der Waals surface area (Å²) in [4.78, 5) is 0. The van der Waals surface area contributed by atoms with Gasteiger partial charge in [-0.25, -0.2) is 0 Å². The Morgan fingerprint density at radius 3 is 2.10 bits per heavy atom. The Morgan fingerprint density at radius 2 is 1.31 bits per heavy atom. The van der Waals surface area contributed by atoms with Crippen LogP contribution in [-0.4, -0.2) is 0 Å². The lowest BCUT2D eigenvalue weighted by atomic mass is 10.1. The van der Waals surface area contributed by atoms with Gasteiger partial charge in [0.25, 0.3) is 0 Å². The number of aryl methyl sites for hydroxylation is 2. The second-order valence-corrected chi connectivity index (χ2v) is 8.27. The van der Waals surface area contributed by atoms with Crippen LogP contribution in [0.3, 0.4) is 0 Å². The zero-order valence-electron chi connectivity index (χ0n) is 16.2. The van der Waals surface area contributed by atoms with Gasteiger partial charge in [-0.3, -0.25) is 0 Å². The standard InChI is InChI=1S/C24H21O4P/c1-18-13-15-21(16-14-18)26-29(25,27-22-10-5-7-19(2)17-22)28-24-12-6-9-20-8-3-4-11-23(20)24/h3-17H,1-2H3. The molecule has 0 aliphatic rings. The molecule has 0 aliphatic heterocycles. The van der Waals surface area contributed by atoms with Crippen LogP contribution in [0.5, 0.6) is 17.2 Å². The number of rotatable bonds is 6. The fraction of sp³-hybridized carbons (Fsp3) is 0.0833. The molecule has 0 radical (unpaired) electrons. The summed E-state index contributed by atoms with van der Waals surface area (Å²) in [6, 6.07) is 27.8. The average molecular weight is 404 g/mol. The van der Waals surface area contributed by atoms with Gasteiger partial charge in [0.2, 0.25) is 0 Å². The summed E-state index contributed by atoms with van der Waals surface area (Å²) in [5.74, 6) is 1.26. The Morgan fingerprint density at radius 1 is 0.621 bits per heavy atom. The molecule has 0 bridgehead atoms. The molecule has 0 spiro atoms. The zero-order chi connectivity index (χ0) is 20.3. The summed E-state index contributed by atoms with van der Waals surface area (Å²) < 4.78 is 31.1. The van der Waals surface area contributed by atoms with E-state index in [4.69, 9.17) is 13.6 Å². The third-order valence-electron chi connectivity index (χ3n) is 4.40. The fourth-order valence-corrected chi connectivity index (χ4v) is 4.24. The third kappa shape index (κ3) is 4.61. The van der Waals surface area contributed by atoms with Gasteiger partial charge in [0.15, 0.2) is 0 Å². The predicted molar refractivity (Wildman–Crippen MR) is 116 cm³/mol. The van der Waals surface area contributed by atoms with Gasteiger partial charge >= 0.3 is 7.82 Å². The lowest BCUT2D eigenvalue weighted by Gasteiger charge is -2.20. The average Bonchev–Trinajstić information content (AvgIpc) is 2.70. The van der Waals surface area contributed by atoms with E-state index in [1.807, 2.05) is 74.5 Å². The first-order valence-corrected chi connectivity index (χ1v) is 10.8. The molecule has 4 aromatic rings. The summed E-state index contributed by atoms with van der Waals surface area (Å²) in [6.07, 6.45) is 0. The van der Waals surface area contributed by atoms with Gasteiger partial charge in [-0.15, -0.1) is 0 Å². The van der Waals surface area contributed by atoms with E-state index in [0.29, 0.717) is 17.2 Å². The van der Waals surface area contributed by atoms with Crippen LogP contribution in [0, 0.1) is 13.8 Å². The van der Waals surface area contributed by atoms with Gasteiger partial charge in [-0.1, -0.05) is 66.2 Å². The van der Waals surface area contributed by atoms with Crippen molar-refractivity contribution in [2.45, 2.75) is 13.8 Å². The van der Waals surface area contributed by atoms with Crippen LogP contribution in [0.25, 0.3) is 10.8 Å². The maximum atomic E-state index is 13.7. The lowest BCUT2D eigenvalue weighted by molar-refractivity contribution is 0.299. The third-order valence-corrected chi connectivity index (χ3v) is 5.69. The number of phosphoric acid groups is 1. The van der Waals surface area contributed by atoms with E-state index in [0.717, 1.165) is 21.9 Å². The molecule has 0 amide bonds. The Hall–Kier alpha value is -3.23. The van der Waals surface area contributed by atoms with Gasteiger partial charge in [-0.05, 0) is 55.1 Å². The molecular weight excluding hydrogens is 383 g/mol. The molecule has 0 aromatic heterocycles. The van der Waals surface area contributed by atoms with E-state index < -0.39 is 7.82 Å². The molecule has 146 valence electrons. The summed E-state index contributed by atoms with van der Waals surface area (Å²) >= 11 is 0. The highest BCUT2D eigenvalue weighted by atomic mass is 31.2. The van der Waals surface area contributed by atoms with Crippen LogP contribution in [0.4, 0.5) is 0 Å². The fourth-order valence-electron chi connectivity index (χ4n) is 2.98. The van der Waals surface area contributed by atoms with Gasteiger partial charge in [0.1, 0.15) is 17.2 Å². The number of phosphoric ester groups is 1. The second-order valence-electron chi connectivity index (χ2n) is 6.83. The number of fused-ring (bicyclic) bond motifs is 1. The minimum Gasteiger partial charge on any atom is -0.386 e. The highest BCUT2D eigenvalue weighted by Gasteiger charge is 2.33. The smallest absolute Gasteiger partial charge is 0.386 e. The van der Waals surface area contributed by atoms with Crippen molar-refractivity contribution in [1.29, 1.82) is 0 Å². The molecule has 0 N–H and O–H groups in total. The van der Waals surface area contributed by atoms with Crippen molar-refractivity contribution in [2.75, 3.05) is 0 Å². The second kappa shape index (κ2) is 8.02. The van der Waals surface area contributed by atoms with Crippen LogP contribution in [0.2, 0.25) is 0 Å². The van der Waals surface area contributed by atoms with Crippen LogP contribution >= 0.6 is 7.82 Å². The zero-order valence-corrected chi connectivity index (χ0v) is 17.1. The minimum atomic E-state index is -4.02. The Kier molecular flexibility index (Phi) is 5.28. The van der Waals surface area contributed by atoms with Crippen molar-refractivity contribution in [3.05, 3.63) is 102 Å². The first-order chi connectivity index (χ1) is 14.0. The van der Waals surface area contributed by atoms with Gasteiger partial charge in [0, 0.05) is 5.39 Å². The SMILES string of the molecule is Cc1ccc(OP(=O)(Oc2cccc(C)c2)Oc2cccc3ccccc23)cc1. The van der Waals surface area contributed by atoms with E-state index in [9.17, 15) is 4.57 Å². The summed E-state index contributed by atoms with van der Waals surface area (Å²) in [5, 5.41) is 1.80. The Balaban J connectivity index is 1.72. The molecule has 0 saturated carbocycles. The Labute approximate surface area is 170 Å². The molecule has 1 unspecified atom stereocenters. The topological polar surface area (TPSA) is 44.8 Å². The van der Waals surface area contributed by atoms with Crippen molar-refractivity contribution in [1.82, 2.24) is 0 Å².